The van der Waals surface area contributed by atoms with E-state index < -0.39 is 0 Å². The number of carbonyl (C=O) groups is 1. The molecule has 0 saturated carbocycles. The number of ether oxygens (including phenoxy) is 2. The van der Waals surface area contributed by atoms with Gasteiger partial charge in [0.25, 0.3) is 0 Å². The van der Waals surface area contributed by atoms with Crippen LogP contribution in [0, 0.1) is 0 Å². The van der Waals surface area contributed by atoms with E-state index in [1.165, 1.54) is 6.42 Å². The van der Waals surface area contributed by atoms with E-state index in [0.29, 0.717) is 30.6 Å². The van der Waals surface area contributed by atoms with Gasteiger partial charge in [-0.25, -0.2) is 0 Å². The summed E-state index contributed by atoms with van der Waals surface area (Å²) in [5.41, 5.74) is 1.09. The number of aliphatic hydroxyl groups excluding tert-OH is 1. The largest absolute Gasteiger partial charge is 0.493 e. The van der Waals surface area contributed by atoms with Crippen molar-refractivity contribution in [3.63, 3.8) is 0 Å². The molecule has 2 N–H and O–H groups in total. The number of benzene rings is 1. The summed E-state index contributed by atoms with van der Waals surface area (Å²) in [5.74, 6) is 1.45. The Morgan fingerprint density at radius 3 is 2.80 bits per heavy atom. The van der Waals surface area contributed by atoms with Gasteiger partial charge >= 0.3 is 0 Å². The maximum absolute atomic E-state index is 12.2. The molecule has 6 heteroatoms. The molecule has 1 atom stereocenters. The Labute approximate surface area is 150 Å². The zero-order valence-electron chi connectivity index (χ0n) is 15.3. The van der Waals surface area contributed by atoms with E-state index in [-0.39, 0.29) is 12.5 Å². The third-order valence-electron chi connectivity index (χ3n) is 4.74. The van der Waals surface area contributed by atoms with Gasteiger partial charge in [0.05, 0.1) is 20.8 Å². The van der Waals surface area contributed by atoms with Gasteiger partial charge in [-0.2, -0.15) is 0 Å². The molecule has 1 aromatic rings. The van der Waals surface area contributed by atoms with Crippen LogP contribution >= 0.6 is 0 Å². The normalized spacial score (nSPS) is 18.0. The van der Waals surface area contributed by atoms with Crippen molar-refractivity contribution in [2.24, 2.45) is 0 Å². The molecule has 1 saturated heterocycles. The number of aliphatic hydroxyl groups is 1. The number of methoxy groups -OCH3 is 2. The summed E-state index contributed by atoms with van der Waals surface area (Å²) in [6.45, 7) is 2.12. The number of piperidine rings is 1. The predicted molar refractivity (Wildman–Crippen MR) is 97.2 cm³/mol. The third-order valence-corrected chi connectivity index (χ3v) is 4.74. The van der Waals surface area contributed by atoms with Crippen LogP contribution in [0.4, 0.5) is 0 Å². The number of hydrogen-bond acceptors (Lipinski definition) is 5. The summed E-state index contributed by atoms with van der Waals surface area (Å²) in [7, 11) is 3.23. The van der Waals surface area contributed by atoms with Crippen LogP contribution in [0.2, 0.25) is 0 Å². The average Bonchev–Trinajstić information content (AvgIpc) is 2.63. The second kappa shape index (κ2) is 10.3. The topological polar surface area (TPSA) is 71.0 Å². The minimum Gasteiger partial charge on any atom is -0.493 e. The van der Waals surface area contributed by atoms with E-state index in [1.54, 1.807) is 14.2 Å². The average molecular weight is 350 g/mol. The first kappa shape index (κ1) is 19.5. The van der Waals surface area contributed by atoms with Crippen molar-refractivity contribution < 1.29 is 19.4 Å². The molecule has 1 heterocycles. The van der Waals surface area contributed by atoms with Crippen LogP contribution in [0.15, 0.2) is 18.2 Å². The van der Waals surface area contributed by atoms with Crippen molar-refractivity contribution in [3.05, 3.63) is 23.8 Å². The molecule has 140 valence electrons. The molecule has 1 aliphatic heterocycles. The van der Waals surface area contributed by atoms with Crippen molar-refractivity contribution in [1.82, 2.24) is 10.2 Å². The zero-order valence-corrected chi connectivity index (χ0v) is 15.3. The second-order valence-electron chi connectivity index (χ2n) is 6.42. The Balaban J connectivity index is 1.78. The Kier molecular flexibility index (Phi) is 8.01. The monoisotopic (exact) mass is 350 g/mol. The molecular weight excluding hydrogens is 320 g/mol. The highest BCUT2D eigenvalue weighted by Gasteiger charge is 2.23. The molecule has 1 amide bonds. The number of rotatable bonds is 9. The molecule has 25 heavy (non-hydrogen) atoms. The number of amides is 1. The molecule has 1 unspecified atom stereocenters. The summed E-state index contributed by atoms with van der Waals surface area (Å²) in [4.78, 5) is 14.4. The second-order valence-corrected chi connectivity index (χ2v) is 6.42. The Morgan fingerprint density at radius 2 is 2.08 bits per heavy atom. The van der Waals surface area contributed by atoms with Crippen molar-refractivity contribution in [1.29, 1.82) is 0 Å². The lowest BCUT2D eigenvalue weighted by Crippen LogP contribution is -2.46. The van der Waals surface area contributed by atoms with E-state index in [2.05, 4.69) is 10.2 Å². The van der Waals surface area contributed by atoms with Crippen molar-refractivity contribution in [2.45, 2.75) is 38.1 Å². The Morgan fingerprint density at radius 1 is 1.28 bits per heavy atom. The van der Waals surface area contributed by atoms with E-state index >= 15 is 0 Å². The molecule has 0 aliphatic carbocycles. The fourth-order valence-corrected chi connectivity index (χ4v) is 3.37. The van der Waals surface area contributed by atoms with Crippen LogP contribution in [-0.4, -0.2) is 62.4 Å². The molecule has 1 aromatic carbocycles. The Hall–Kier alpha value is -1.79. The first-order chi connectivity index (χ1) is 12.2. The van der Waals surface area contributed by atoms with E-state index in [1.807, 2.05) is 18.2 Å². The van der Waals surface area contributed by atoms with Gasteiger partial charge in [-0.15, -0.1) is 0 Å². The first-order valence-corrected chi connectivity index (χ1v) is 9.00. The molecular formula is C19H30N2O4. The maximum Gasteiger partial charge on any atom is 0.234 e. The van der Waals surface area contributed by atoms with E-state index in [9.17, 15) is 9.90 Å². The quantitative estimate of drug-likeness (QED) is 0.708. The van der Waals surface area contributed by atoms with Gasteiger partial charge in [-0.3, -0.25) is 9.69 Å². The number of carbonyl (C=O) groups excluding carboxylic acids is 1. The van der Waals surface area contributed by atoms with Gasteiger partial charge < -0.3 is 19.9 Å². The highest BCUT2D eigenvalue weighted by atomic mass is 16.5. The lowest BCUT2D eigenvalue weighted by molar-refractivity contribution is -0.123. The van der Waals surface area contributed by atoms with Gasteiger partial charge in [-0.05, 0) is 49.9 Å². The number of hydrogen-bond donors (Lipinski definition) is 2. The fourth-order valence-electron chi connectivity index (χ4n) is 3.37. The molecule has 1 aliphatic rings. The van der Waals surface area contributed by atoms with Crippen molar-refractivity contribution >= 4 is 5.91 Å². The summed E-state index contributed by atoms with van der Waals surface area (Å²) in [6.07, 6.45) is 4.87. The smallest absolute Gasteiger partial charge is 0.234 e. The molecule has 0 bridgehead atoms. The van der Waals surface area contributed by atoms with Crippen molar-refractivity contribution in [2.75, 3.05) is 40.5 Å². The first-order valence-electron chi connectivity index (χ1n) is 9.00. The third kappa shape index (κ3) is 5.90. The summed E-state index contributed by atoms with van der Waals surface area (Å²) < 4.78 is 10.5. The van der Waals surface area contributed by atoms with Gasteiger partial charge in [0.2, 0.25) is 5.91 Å². The van der Waals surface area contributed by atoms with E-state index in [0.717, 1.165) is 37.8 Å². The molecule has 1 fully saturated rings. The van der Waals surface area contributed by atoms with Gasteiger partial charge in [0, 0.05) is 19.2 Å². The fraction of sp³-hybridized carbons (Fsp3) is 0.632. The zero-order chi connectivity index (χ0) is 18.1. The van der Waals surface area contributed by atoms with Gasteiger partial charge in [0.15, 0.2) is 11.5 Å². The highest BCUT2D eigenvalue weighted by Crippen LogP contribution is 2.27. The predicted octanol–water partition coefficient (Wildman–Crippen LogP) is 1.60. The molecule has 0 aromatic heterocycles. The number of likely N-dealkylation sites (tertiary alicyclic amines) is 1. The SMILES string of the molecule is COc1ccc(CCNC(=O)CN2CCCCC2CCO)cc1OC. The highest BCUT2D eigenvalue weighted by molar-refractivity contribution is 5.78. The minimum absolute atomic E-state index is 0.0466. The summed E-state index contributed by atoms with van der Waals surface area (Å²) >= 11 is 0. The maximum atomic E-state index is 12.2. The van der Waals surface area contributed by atoms with Gasteiger partial charge in [-0.1, -0.05) is 12.5 Å². The molecule has 2 rings (SSSR count). The molecule has 6 nitrogen and oxygen atoms in total. The van der Waals surface area contributed by atoms with Gasteiger partial charge in [0.1, 0.15) is 0 Å². The van der Waals surface area contributed by atoms with Crippen LogP contribution in [0.3, 0.4) is 0 Å². The van der Waals surface area contributed by atoms with Crippen LogP contribution in [0.5, 0.6) is 11.5 Å². The lowest BCUT2D eigenvalue weighted by Gasteiger charge is -2.34. The summed E-state index contributed by atoms with van der Waals surface area (Å²) in [6, 6.07) is 6.13. The lowest BCUT2D eigenvalue weighted by atomic mass is 10.00. The van der Waals surface area contributed by atoms with Crippen LogP contribution < -0.4 is 14.8 Å². The number of nitrogens with one attached hydrogen (secondary N) is 1. The van der Waals surface area contributed by atoms with Crippen molar-refractivity contribution in [3.8, 4) is 11.5 Å². The minimum atomic E-state index is 0.0466. The summed E-state index contributed by atoms with van der Waals surface area (Å²) in [5, 5.41) is 12.2. The van der Waals surface area contributed by atoms with E-state index in [4.69, 9.17) is 9.47 Å². The molecule has 0 spiro atoms. The Bertz CT molecular complexity index is 548. The van der Waals surface area contributed by atoms with Crippen LogP contribution in [0.1, 0.15) is 31.2 Å². The van der Waals surface area contributed by atoms with Crippen LogP contribution in [-0.2, 0) is 11.2 Å². The standard InChI is InChI=1S/C19H30N2O4/c1-24-17-7-6-15(13-18(17)25-2)8-10-20-19(23)14-21-11-4-3-5-16(21)9-12-22/h6-7,13,16,22H,3-5,8-12,14H2,1-2H3,(H,20,23). The number of nitrogens with zero attached hydrogens (tertiary/aromatic N) is 1. The molecule has 0 radical (unpaired) electrons. The van der Waals surface area contributed by atoms with Crippen LogP contribution in [0.25, 0.3) is 0 Å².